The third-order valence-electron chi connectivity index (χ3n) is 2.99. The summed E-state index contributed by atoms with van der Waals surface area (Å²) in [6.45, 7) is 6.43. The lowest BCUT2D eigenvalue weighted by atomic mass is 10.1. The Bertz CT molecular complexity index is 413. The lowest BCUT2D eigenvalue weighted by molar-refractivity contribution is 0.0806. The molecule has 1 aromatic rings. The molecule has 0 aliphatic heterocycles. The van der Waals surface area contributed by atoms with Crippen molar-refractivity contribution in [3.05, 3.63) is 35.4 Å². The van der Waals surface area contributed by atoms with Gasteiger partial charge in [0, 0.05) is 38.4 Å². The highest BCUT2D eigenvalue weighted by atomic mass is 19.1. The van der Waals surface area contributed by atoms with Crippen LogP contribution in [0.15, 0.2) is 18.2 Å². The molecule has 1 atom stereocenters. The minimum absolute atomic E-state index is 0.123. The Labute approximate surface area is 119 Å². The van der Waals surface area contributed by atoms with Gasteiger partial charge in [-0.3, -0.25) is 4.90 Å². The zero-order valence-electron chi connectivity index (χ0n) is 12.3. The van der Waals surface area contributed by atoms with Crippen molar-refractivity contribution in [3.63, 3.8) is 0 Å². The van der Waals surface area contributed by atoms with Crippen molar-refractivity contribution in [2.75, 3.05) is 33.4 Å². The van der Waals surface area contributed by atoms with Crippen LogP contribution in [0.25, 0.3) is 0 Å². The molecule has 1 rings (SSSR count). The molecule has 114 valence electrons. The molecule has 1 N–H and O–H groups in total. The SMILES string of the molecule is COCCN(CC(C)C)CC(O)c1ccc(F)cc1F. The first-order valence-corrected chi connectivity index (χ1v) is 6.78. The molecule has 0 saturated carbocycles. The third kappa shape index (κ3) is 5.53. The molecule has 0 aromatic heterocycles. The first-order chi connectivity index (χ1) is 9.43. The van der Waals surface area contributed by atoms with Crippen LogP contribution in [0.1, 0.15) is 25.5 Å². The van der Waals surface area contributed by atoms with Gasteiger partial charge in [0.25, 0.3) is 0 Å². The van der Waals surface area contributed by atoms with Crippen LogP contribution in [-0.4, -0.2) is 43.4 Å². The van der Waals surface area contributed by atoms with Gasteiger partial charge in [0.05, 0.1) is 12.7 Å². The smallest absolute Gasteiger partial charge is 0.131 e. The number of aliphatic hydroxyl groups is 1. The summed E-state index contributed by atoms with van der Waals surface area (Å²) in [5.41, 5.74) is 0.123. The maximum absolute atomic E-state index is 13.6. The predicted molar refractivity (Wildman–Crippen MR) is 74.5 cm³/mol. The number of hydrogen-bond donors (Lipinski definition) is 1. The molecule has 5 heteroatoms. The van der Waals surface area contributed by atoms with Crippen LogP contribution in [0.2, 0.25) is 0 Å². The topological polar surface area (TPSA) is 32.7 Å². The molecule has 0 saturated heterocycles. The van der Waals surface area contributed by atoms with Crippen LogP contribution < -0.4 is 0 Å². The number of aliphatic hydroxyl groups excluding tert-OH is 1. The Balaban J connectivity index is 2.70. The minimum atomic E-state index is -0.980. The zero-order chi connectivity index (χ0) is 15.1. The number of methoxy groups -OCH3 is 1. The van der Waals surface area contributed by atoms with Gasteiger partial charge in [-0.15, -0.1) is 0 Å². The molecule has 0 bridgehead atoms. The second-order valence-electron chi connectivity index (χ2n) is 5.33. The molecular weight excluding hydrogens is 264 g/mol. The molecule has 0 amide bonds. The van der Waals surface area contributed by atoms with E-state index in [0.29, 0.717) is 25.6 Å². The molecule has 1 unspecified atom stereocenters. The number of nitrogens with zero attached hydrogens (tertiary/aromatic N) is 1. The van der Waals surface area contributed by atoms with Crippen LogP contribution in [0, 0.1) is 17.6 Å². The van der Waals surface area contributed by atoms with Crippen LogP contribution >= 0.6 is 0 Å². The van der Waals surface area contributed by atoms with Crippen molar-refractivity contribution in [1.82, 2.24) is 4.90 Å². The molecule has 0 aliphatic rings. The van der Waals surface area contributed by atoms with Gasteiger partial charge >= 0.3 is 0 Å². The molecule has 1 aromatic carbocycles. The fourth-order valence-electron chi connectivity index (χ4n) is 2.11. The molecule has 0 radical (unpaired) electrons. The highest BCUT2D eigenvalue weighted by Gasteiger charge is 2.18. The van der Waals surface area contributed by atoms with Gasteiger partial charge in [0.2, 0.25) is 0 Å². The number of rotatable bonds is 8. The molecule has 0 aliphatic carbocycles. The second-order valence-corrected chi connectivity index (χ2v) is 5.33. The van der Waals surface area contributed by atoms with Crippen molar-refractivity contribution in [1.29, 1.82) is 0 Å². The first-order valence-electron chi connectivity index (χ1n) is 6.78. The summed E-state index contributed by atoms with van der Waals surface area (Å²) >= 11 is 0. The van der Waals surface area contributed by atoms with Crippen molar-refractivity contribution < 1.29 is 18.6 Å². The van der Waals surface area contributed by atoms with Gasteiger partial charge in [0.15, 0.2) is 0 Å². The average Bonchev–Trinajstić information content (AvgIpc) is 2.35. The molecule has 3 nitrogen and oxygen atoms in total. The molecule has 0 heterocycles. The van der Waals surface area contributed by atoms with Crippen molar-refractivity contribution >= 4 is 0 Å². The van der Waals surface area contributed by atoms with Gasteiger partial charge in [-0.05, 0) is 12.0 Å². The molecule has 20 heavy (non-hydrogen) atoms. The van der Waals surface area contributed by atoms with Crippen LogP contribution in [0.3, 0.4) is 0 Å². The lowest BCUT2D eigenvalue weighted by Gasteiger charge is -2.26. The van der Waals surface area contributed by atoms with E-state index in [-0.39, 0.29) is 5.56 Å². The number of ether oxygens (including phenoxy) is 1. The Kier molecular flexibility index (Phi) is 7.05. The van der Waals surface area contributed by atoms with Gasteiger partial charge in [0.1, 0.15) is 11.6 Å². The molecular formula is C15H23F2NO2. The summed E-state index contributed by atoms with van der Waals surface area (Å²) in [4.78, 5) is 2.02. The Morgan fingerprint density at radius 2 is 1.95 bits per heavy atom. The van der Waals surface area contributed by atoms with Crippen molar-refractivity contribution in [3.8, 4) is 0 Å². The molecule has 0 spiro atoms. The van der Waals surface area contributed by atoms with Crippen LogP contribution in [0.5, 0.6) is 0 Å². The fourth-order valence-corrected chi connectivity index (χ4v) is 2.11. The summed E-state index contributed by atoms with van der Waals surface area (Å²) in [5.74, 6) is -0.928. The van der Waals surface area contributed by atoms with E-state index in [9.17, 15) is 13.9 Å². The summed E-state index contributed by atoms with van der Waals surface area (Å²) in [6.07, 6.45) is -0.980. The maximum Gasteiger partial charge on any atom is 0.131 e. The number of hydrogen-bond acceptors (Lipinski definition) is 3. The van der Waals surface area contributed by atoms with Crippen LogP contribution in [0.4, 0.5) is 8.78 Å². The van der Waals surface area contributed by atoms with E-state index < -0.39 is 17.7 Å². The lowest BCUT2D eigenvalue weighted by Crippen LogP contribution is -2.34. The van der Waals surface area contributed by atoms with E-state index in [1.165, 1.54) is 6.07 Å². The highest BCUT2D eigenvalue weighted by Crippen LogP contribution is 2.19. The average molecular weight is 287 g/mol. The maximum atomic E-state index is 13.6. The van der Waals surface area contributed by atoms with Gasteiger partial charge in [-0.1, -0.05) is 19.9 Å². The fraction of sp³-hybridized carbons (Fsp3) is 0.600. The Morgan fingerprint density at radius 3 is 2.50 bits per heavy atom. The number of halogens is 2. The third-order valence-corrected chi connectivity index (χ3v) is 2.99. The summed E-state index contributed by atoms with van der Waals surface area (Å²) in [6, 6.07) is 3.24. The quantitative estimate of drug-likeness (QED) is 0.798. The van der Waals surface area contributed by atoms with Gasteiger partial charge in [-0.25, -0.2) is 8.78 Å². The standard InChI is InChI=1S/C15H23F2NO2/c1-11(2)9-18(6-7-20-3)10-15(19)13-5-4-12(16)8-14(13)17/h4-5,8,11,15,19H,6-7,9-10H2,1-3H3. The van der Waals surface area contributed by atoms with Crippen LogP contribution in [-0.2, 0) is 4.74 Å². The zero-order valence-corrected chi connectivity index (χ0v) is 12.3. The minimum Gasteiger partial charge on any atom is -0.387 e. The van der Waals surface area contributed by atoms with E-state index >= 15 is 0 Å². The van der Waals surface area contributed by atoms with E-state index in [0.717, 1.165) is 18.7 Å². The van der Waals surface area contributed by atoms with Gasteiger partial charge in [-0.2, -0.15) is 0 Å². The van der Waals surface area contributed by atoms with E-state index in [2.05, 4.69) is 13.8 Å². The largest absolute Gasteiger partial charge is 0.387 e. The van der Waals surface area contributed by atoms with Crippen molar-refractivity contribution in [2.24, 2.45) is 5.92 Å². The van der Waals surface area contributed by atoms with E-state index in [1.807, 2.05) is 4.90 Å². The summed E-state index contributed by atoms with van der Waals surface area (Å²) in [5, 5.41) is 10.1. The Morgan fingerprint density at radius 1 is 1.25 bits per heavy atom. The Hall–Kier alpha value is -1.04. The second kappa shape index (κ2) is 8.29. The van der Waals surface area contributed by atoms with E-state index in [4.69, 9.17) is 4.74 Å². The summed E-state index contributed by atoms with van der Waals surface area (Å²) in [7, 11) is 1.61. The molecule has 0 fully saturated rings. The van der Waals surface area contributed by atoms with Gasteiger partial charge < -0.3 is 9.84 Å². The first kappa shape index (κ1) is 17.0. The monoisotopic (exact) mass is 287 g/mol. The normalized spacial score (nSPS) is 13.2. The van der Waals surface area contributed by atoms with Crippen molar-refractivity contribution in [2.45, 2.75) is 20.0 Å². The predicted octanol–water partition coefficient (Wildman–Crippen LogP) is 2.60. The number of benzene rings is 1. The highest BCUT2D eigenvalue weighted by molar-refractivity contribution is 5.21. The van der Waals surface area contributed by atoms with E-state index in [1.54, 1.807) is 7.11 Å². The summed E-state index contributed by atoms with van der Waals surface area (Å²) < 4.78 is 31.5.